The van der Waals surface area contributed by atoms with Crippen molar-refractivity contribution in [1.29, 1.82) is 0 Å². The van der Waals surface area contributed by atoms with Crippen LogP contribution in [0.4, 0.5) is 0 Å². The predicted molar refractivity (Wildman–Crippen MR) is 66.4 cm³/mol. The third-order valence-electron chi connectivity index (χ3n) is 2.93. The minimum absolute atomic E-state index is 0.0542. The Bertz CT molecular complexity index is 353. The van der Waals surface area contributed by atoms with E-state index in [-0.39, 0.29) is 6.10 Å². The van der Waals surface area contributed by atoms with Gasteiger partial charge in [0.1, 0.15) is 0 Å². The maximum absolute atomic E-state index is 10.7. The van der Waals surface area contributed by atoms with Crippen molar-refractivity contribution in [1.82, 2.24) is 5.32 Å². The summed E-state index contributed by atoms with van der Waals surface area (Å²) >= 11 is 1.71. The Morgan fingerprint density at radius 3 is 3.12 bits per heavy atom. The van der Waals surface area contributed by atoms with Crippen LogP contribution in [0.25, 0.3) is 0 Å². The molecule has 1 aromatic heterocycles. The standard InChI is InChI=1S/C12H17NO3S/c14-12(15)11-2-1-10(16-11)7-13-5-3-9-4-6-17-8-9/h4,6,8,10-11,13H,1-3,5,7H2,(H,14,15). The third-order valence-corrected chi connectivity index (χ3v) is 3.66. The van der Waals surface area contributed by atoms with E-state index in [1.807, 2.05) is 0 Å². The molecule has 2 atom stereocenters. The zero-order valence-corrected chi connectivity index (χ0v) is 10.4. The first-order chi connectivity index (χ1) is 8.25. The van der Waals surface area contributed by atoms with Gasteiger partial charge in [-0.1, -0.05) is 0 Å². The van der Waals surface area contributed by atoms with E-state index in [0.29, 0.717) is 6.42 Å². The molecule has 2 rings (SSSR count). The molecule has 0 amide bonds. The van der Waals surface area contributed by atoms with Crippen LogP contribution in [0.5, 0.6) is 0 Å². The Balaban J connectivity index is 1.59. The lowest BCUT2D eigenvalue weighted by Gasteiger charge is -2.11. The molecule has 0 radical (unpaired) electrons. The molecule has 1 aliphatic rings. The summed E-state index contributed by atoms with van der Waals surface area (Å²) in [7, 11) is 0. The number of hydrogen-bond donors (Lipinski definition) is 2. The molecule has 4 nitrogen and oxygen atoms in total. The normalized spacial score (nSPS) is 24.0. The average Bonchev–Trinajstić information content (AvgIpc) is 2.96. The van der Waals surface area contributed by atoms with Crippen LogP contribution >= 0.6 is 11.3 Å². The fraction of sp³-hybridized carbons (Fsp3) is 0.583. The molecule has 2 N–H and O–H groups in total. The Labute approximate surface area is 105 Å². The van der Waals surface area contributed by atoms with Crippen molar-refractivity contribution < 1.29 is 14.6 Å². The molecule has 1 aromatic rings. The van der Waals surface area contributed by atoms with Crippen LogP contribution in [0.2, 0.25) is 0 Å². The van der Waals surface area contributed by atoms with Crippen LogP contribution in [-0.2, 0) is 16.0 Å². The van der Waals surface area contributed by atoms with Gasteiger partial charge < -0.3 is 15.2 Å². The van der Waals surface area contributed by atoms with E-state index < -0.39 is 12.1 Å². The smallest absolute Gasteiger partial charge is 0.332 e. The first-order valence-electron chi connectivity index (χ1n) is 5.86. The van der Waals surface area contributed by atoms with Crippen molar-refractivity contribution in [2.45, 2.75) is 31.5 Å². The third kappa shape index (κ3) is 3.80. The number of rotatable bonds is 6. The highest BCUT2D eigenvalue weighted by Gasteiger charge is 2.29. The number of hydrogen-bond acceptors (Lipinski definition) is 4. The molecule has 2 heterocycles. The van der Waals surface area contributed by atoms with E-state index in [1.54, 1.807) is 11.3 Å². The van der Waals surface area contributed by atoms with E-state index in [4.69, 9.17) is 9.84 Å². The van der Waals surface area contributed by atoms with E-state index in [1.165, 1.54) is 5.56 Å². The monoisotopic (exact) mass is 255 g/mol. The van der Waals surface area contributed by atoms with E-state index >= 15 is 0 Å². The molecule has 1 saturated heterocycles. The summed E-state index contributed by atoms with van der Waals surface area (Å²) in [6, 6.07) is 2.12. The minimum atomic E-state index is -0.842. The highest BCUT2D eigenvalue weighted by molar-refractivity contribution is 7.07. The average molecular weight is 255 g/mol. The zero-order valence-electron chi connectivity index (χ0n) is 9.59. The molecule has 0 aromatic carbocycles. The van der Waals surface area contributed by atoms with Crippen LogP contribution in [0.1, 0.15) is 18.4 Å². The summed E-state index contributed by atoms with van der Waals surface area (Å²) < 4.78 is 5.40. The molecule has 0 bridgehead atoms. The van der Waals surface area contributed by atoms with Gasteiger partial charge in [-0.3, -0.25) is 0 Å². The first kappa shape index (κ1) is 12.5. The molecular weight excluding hydrogens is 238 g/mol. The molecule has 1 aliphatic heterocycles. The molecule has 0 saturated carbocycles. The van der Waals surface area contributed by atoms with Crippen LogP contribution in [-0.4, -0.2) is 36.4 Å². The highest BCUT2D eigenvalue weighted by atomic mass is 32.1. The number of nitrogens with one attached hydrogen (secondary N) is 1. The van der Waals surface area contributed by atoms with Gasteiger partial charge in [-0.25, -0.2) is 4.79 Å². The van der Waals surface area contributed by atoms with Crippen LogP contribution < -0.4 is 5.32 Å². The summed E-state index contributed by atoms with van der Waals surface area (Å²) in [6.45, 7) is 1.66. The number of carboxylic acid groups (broad SMARTS) is 1. The second-order valence-electron chi connectivity index (χ2n) is 4.25. The minimum Gasteiger partial charge on any atom is -0.479 e. The van der Waals surface area contributed by atoms with Crippen LogP contribution in [0.15, 0.2) is 16.8 Å². The molecular formula is C12H17NO3S. The largest absolute Gasteiger partial charge is 0.479 e. The van der Waals surface area contributed by atoms with Gasteiger partial charge in [0.25, 0.3) is 0 Å². The van der Waals surface area contributed by atoms with Gasteiger partial charge >= 0.3 is 5.97 Å². The van der Waals surface area contributed by atoms with Crippen molar-refractivity contribution in [2.24, 2.45) is 0 Å². The molecule has 0 spiro atoms. The predicted octanol–water partition coefficient (Wildman–Crippen LogP) is 1.51. The summed E-state index contributed by atoms with van der Waals surface area (Å²) in [5, 5.41) is 16.3. The summed E-state index contributed by atoms with van der Waals surface area (Å²) in [5.41, 5.74) is 1.35. The number of ether oxygens (including phenoxy) is 1. The van der Waals surface area contributed by atoms with Crippen molar-refractivity contribution in [2.75, 3.05) is 13.1 Å². The van der Waals surface area contributed by atoms with Gasteiger partial charge in [-0.05, 0) is 48.2 Å². The number of aliphatic carboxylic acids is 1. The molecule has 2 unspecified atom stereocenters. The lowest BCUT2D eigenvalue weighted by molar-refractivity contribution is -0.149. The number of thiophene rings is 1. The molecule has 5 heteroatoms. The maximum Gasteiger partial charge on any atom is 0.332 e. The van der Waals surface area contributed by atoms with Crippen LogP contribution in [0.3, 0.4) is 0 Å². The van der Waals surface area contributed by atoms with E-state index in [2.05, 4.69) is 22.1 Å². The van der Waals surface area contributed by atoms with Crippen LogP contribution in [0, 0.1) is 0 Å². The Morgan fingerprint density at radius 2 is 2.47 bits per heavy atom. The summed E-state index contributed by atoms with van der Waals surface area (Å²) in [5.74, 6) is -0.842. The summed E-state index contributed by atoms with van der Waals surface area (Å²) in [4.78, 5) is 10.7. The first-order valence-corrected chi connectivity index (χ1v) is 6.80. The molecule has 17 heavy (non-hydrogen) atoms. The fourth-order valence-corrected chi connectivity index (χ4v) is 2.67. The van der Waals surface area contributed by atoms with E-state index in [0.717, 1.165) is 25.9 Å². The molecule has 1 fully saturated rings. The summed E-state index contributed by atoms with van der Waals surface area (Å²) in [6.07, 6.45) is 1.94. The van der Waals surface area contributed by atoms with Gasteiger partial charge in [0, 0.05) is 6.54 Å². The second kappa shape index (κ2) is 6.14. The van der Waals surface area contributed by atoms with Crippen molar-refractivity contribution >= 4 is 17.3 Å². The second-order valence-corrected chi connectivity index (χ2v) is 5.03. The maximum atomic E-state index is 10.7. The van der Waals surface area contributed by atoms with Gasteiger partial charge in [-0.2, -0.15) is 11.3 Å². The lowest BCUT2D eigenvalue weighted by atomic mass is 10.2. The molecule has 0 aliphatic carbocycles. The van der Waals surface area contributed by atoms with Crippen molar-refractivity contribution in [3.05, 3.63) is 22.4 Å². The Kier molecular flexibility index (Phi) is 4.53. The highest BCUT2D eigenvalue weighted by Crippen LogP contribution is 2.19. The zero-order chi connectivity index (χ0) is 12.1. The lowest BCUT2D eigenvalue weighted by Crippen LogP contribution is -2.30. The van der Waals surface area contributed by atoms with Crippen molar-refractivity contribution in [3.63, 3.8) is 0 Å². The van der Waals surface area contributed by atoms with Gasteiger partial charge in [0.2, 0.25) is 0 Å². The Hall–Kier alpha value is -0.910. The topological polar surface area (TPSA) is 58.6 Å². The van der Waals surface area contributed by atoms with Crippen molar-refractivity contribution in [3.8, 4) is 0 Å². The fourth-order valence-electron chi connectivity index (χ4n) is 1.97. The molecule has 94 valence electrons. The van der Waals surface area contributed by atoms with Gasteiger partial charge in [0.05, 0.1) is 6.10 Å². The number of carbonyl (C=O) groups is 1. The van der Waals surface area contributed by atoms with Gasteiger partial charge in [0.15, 0.2) is 6.10 Å². The quantitative estimate of drug-likeness (QED) is 0.757. The van der Waals surface area contributed by atoms with E-state index in [9.17, 15) is 4.79 Å². The SMILES string of the molecule is O=C(O)C1CCC(CNCCc2ccsc2)O1. The Morgan fingerprint density at radius 1 is 1.59 bits per heavy atom. The van der Waals surface area contributed by atoms with Gasteiger partial charge in [-0.15, -0.1) is 0 Å². The number of carboxylic acids is 1.